The number of carbonyl (C=O) groups excluding carboxylic acids is 1. The van der Waals surface area contributed by atoms with Gasteiger partial charge in [0.2, 0.25) is 0 Å². The van der Waals surface area contributed by atoms with Gasteiger partial charge in [-0.2, -0.15) is 5.10 Å². The number of rotatable bonds is 3. The Labute approximate surface area is 97.2 Å². The molecule has 0 aliphatic carbocycles. The summed E-state index contributed by atoms with van der Waals surface area (Å²) in [6.07, 6.45) is 0. The fraction of sp³-hybridized carbons (Fsp3) is 0.538. The molecule has 0 aliphatic heterocycles. The predicted molar refractivity (Wildman–Crippen MR) is 65.8 cm³/mol. The number of aromatic nitrogens is 2. The molecule has 0 fully saturated rings. The van der Waals surface area contributed by atoms with E-state index >= 15 is 0 Å². The van der Waals surface area contributed by atoms with Crippen molar-refractivity contribution in [2.24, 2.45) is 0 Å². The Hall–Kier alpha value is -1.38. The van der Waals surface area contributed by atoms with Crippen LogP contribution in [0, 0.1) is 0 Å². The average Bonchev–Trinajstić information content (AvgIpc) is 2.60. The Morgan fingerprint density at radius 3 is 2.25 bits per heavy atom. The quantitative estimate of drug-likeness (QED) is 0.732. The van der Waals surface area contributed by atoms with Crippen LogP contribution in [0.4, 0.5) is 0 Å². The zero-order chi connectivity index (χ0) is 12.5. The molecule has 1 rings (SSSR count). The van der Waals surface area contributed by atoms with E-state index in [4.69, 9.17) is 0 Å². The van der Waals surface area contributed by atoms with Crippen molar-refractivity contribution in [2.45, 2.75) is 46.5 Å². The van der Waals surface area contributed by atoms with Gasteiger partial charge in [0.25, 0.3) is 5.91 Å². The molecule has 3 heteroatoms. The molecule has 0 N–H and O–H groups in total. The minimum Gasteiger partial charge on any atom is -0.267 e. The molecule has 0 unspecified atom stereocenters. The average molecular weight is 220 g/mol. The molecule has 0 bridgehead atoms. The SMILES string of the molecule is C=C(C)C(=O)n1nc(C(C)C)cc1C(C)C. The molecule has 0 amide bonds. The lowest BCUT2D eigenvalue weighted by Gasteiger charge is -2.07. The van der Waals surface area contributed by atoms with Gasteiger partial charge in [0, 0.05) is 5.57 Å². The number of nitrogens with zero attached hydrogens (tertiary/aromatic N) is 2. The van der Waals surface area contributed by atoms with Gasteiger partial charge in [0.1, 0.15) is 0 Å². The lowest BCUT2D eigenvalue weighted by molar-refractivity contribution is 0.0935. The minimum atomic E-state index is -0.115. The normalized spacial score (nSPS) is 11.2. The third-order valence-electron chi connectivity index (χ3n) is 2.50. The maximum atomic E-state index is 11.9. The van der Waals surface area contributed by atoms with Crippen LogP contribution in [0.3, 0.4) is 0 Å². The summed E-state index contributed by atoms with van der Waals surface area (Å²) in [6.45, 7) is 13.6. The van der Waals surface area contributed by atoms with Gasteiger partial charge in [-0.15, -0.1) is 0 Å². The minimum absolute atomic E-state index is 0.115. The predicted octanol–water partition coefficient (Wildman–Crippen LogP) is 3.35. The van der Waals surface area contributed by atoms with Gasteiger partial charge in [-0.05, 0) is 24.8 Å². The van der Waals surface area contributed by atoms with Gasteiger partial charge in [-0.3, -0.25) is 4.79 Å². The molecule has 0 saturated carbocycles. The van der Waals surface area contributed by atoms with Crippen LogP contribution in [-0.2, 0) is 0 Å². The van der Waals surface area contributed by atoms with Gasteiger partial charge in [-0.1, -0.05) is 34.3 Å². The maximum Gasteiger partial charge on any atom is 0.273 e. The fourth-order valence-electron chi connectivity index (χ4n) is 1.45. The van der Waals surface area contributed by atoms with E-state index in [1.807, 2.05) is 6.07 Å². The van der Waals surface area contributed by atoms with Crippen LogP contribution < -0.4 is 0 Å². The van der Waals surface area contributed by atoms with E-state index < -0.39 is 0 Å². The molecule has 0 aromatic carbocycles. The molecule has 16 heavy (non-hydrogen) atoms. The summed E-state index contributed by atoms with van der Waals surface area (Å²) in [4.78, 5) is 11.9. The van der Waals surface area contributed by atoms with E-state index in [-0.39, 0.29) is 11.8 Å². The second-order valence-electron chi connectivity index (χ2n) is 4.80. The molecule has 0 radical (unpaired) electrons. The van der Waals surface area contributed by atoms with Crippen molar-refractivity contribution in [3.8, 4) is 0 Å². The van der Waals surface area contributed by atoms with Crippen LogP contribution in [0.5, 0.6) is 0 Å². The first kappa shape index (κ1) is 12.7. The molecule has 0 saturated heterocycles. The third kappa shape index (κ3) is 2.40. The van der Waals surface area contributed by atoms with E-state index in [2.05, 4.69) is 39.4 Å². The molecule has 0 spiro atoms. The van der Waals surface area contributed by atoms with E-state index in [0.29, 0.717) is 11.5 Å². The van der Waals surface area contributed by atoms with E-state index in [1.54, 1.807) is 6.92 Å². The van der Waals surface area contributed by atoms with Crippen molar-refractivity contribution in [2.75, 3.05) is 0 Å². The number of hydrogen-bond acceptors (Lipinski definition) is 2. The second-order valence-corrected chi connectivity index (χ2v) is 4.80. The lowest BCUT2D eigenvalue weighted by Crippen LogP contribution is -2.16. The Morgan fingerprint density at radius 1 is 1.31 bits per heavy atom. The van der Waals surface area contributed by atoms with Crippen molar-refractivity contribution in [1.29, 1.82) is 0 Å². The highest BCUT2D eigenvalue weighted by Gasteiger charge is 2.18. The summed E-state index contributed by atoms with van der Waals surface area (Å²) in [5, 5.41) is 4.36. The van der Waals surface area contributed by atoms with Crippen LogP contribution in [0.15, 0.2) is 18.2 Å². The van der Waals surface area contributed by atoms with Crippen LogP contribution in [-0.4, -0.2) is 15.7 Å². The van der Waals surface area contributed by atoms with Gasteiger partial charge in [-0.25, -0.2) is 4.68 Å². The molecule has 1 heterocycles. The smallest absolute Gasteiger partial charge is 0.267 e. The van der Waals surface area contributed by atoms with Crippen molar-refractivity contribution in [3.05, 3.63) is 29.6 Å². The molecule has 1 aromatic rings. The van der Waals surface area contributed by atoms with Gasteiger partial charge < -0.3 is 0 Å². The molecule has 3 nitrogen and oxygen atoms in total. The van der Waals surface area contributed by atoms with Crippen molar-refractivity contribution in [3.63, 3.8) is 0 Å². The topological polar surface area (TPSA) is 34.9 Å². The summed E-state index contributed by atoms with van der Waals surface area (Å²) in [7, 11) is 0. The monoisotopic (exact) mass is 220 g/mol. The maximum absolute atomic E-state index is 11.9. The van der Waals surface area contributed by atoms with E-state index in [1.165, 1.54) is 4.68 Å². The molecule has 0 aliphatic rings. The number of carbonyl (C=O) groups is 1. The summed E-state index contributed by atoms with van der Waals surface area (Å²) in [5.74, 6) is 0.496. The highest BCUT2D eigenvalue weighted by Crippen LogP contribution is 2.21. The number of allylic oxidation sites excluding steroid dienone is 1. The zero-order valence-corrected chi connectivity index (χ0v) is 10.7. The van der Waals surface area contributed by atoms with E-state index in [9.17, 15) is 4.79 Å². The van der Waals surface area contributed by atoms with Crippen LogP contribution in [0.1, 0.15) is 62.6 Å². The molecule has 0 atom stereocenters. The van der Waals surface area contributed by atoms with Crippen LogP contribution in [0.25, 0.3) is 0 Å². The van der Waals surface area contributed by atoms with Crippen LogP contribution in [0.2, 0.25) is 0 Å². The highest BCUT2D eigenvalue weighted by molar-refractivity contribution is 5.94. The third-order valence-corrected chi connectivity index (χ3v) is 2.50. The van der Waals surface area contributed by atoms with Crippen molar-refractivity contribution >= 4 is 5.91 Å². The van der Waals surface area contributed by atoms with Crippen LogP contribution >= 0.6 is 0 Å². The molecular weight excluding hydrogens is 200 g/mol. The largest absolute Gasteiger partial charge is 0.273 e. The Bertz CT molecular complexity index is 414. The standard InChI is InChI=1S/C13H20N2O/c1-8(2)11-7-12(9(3)4)15(14-11)13(16)10(5)6/h7-9H,5H2,1-4,6H3. The second kappa shape index (κ2) is 4.64. The van der Waals surface area contributed by atoms with E-state index in [0.717, 1.165) is 11.4 Å². The first-order chi connectivity index (χ1) is 7.34. The Morgan fingerprint density at radius 2 is 1.88 bits per heavy atom. The molecule has 1 aromatic heterocycles. The van der Waals surface area contributed by atoms with Crippen molar-refractivity contribution < 1.29 is 4.79 Å². The Kier molecular flexibility index (Phi) is 3.68. The summed E-state index contributed by atoms with van der Waals surface area (Å²) >= 11 is 0. The van der Waals surface area contributed by atoms with Gasteiger partial charge in [0.15, 0.2) is 0 Å². The Balaban J connectivity index is 3.25. The first-order valence-electron chi connectivity index (χ1n) is 5.64. The van der Waals surface area contributed by atoms with Crippen molar-refractivity contribution in [1.82, 2.24) is 9.78 Å². The van der Waals surface area contributed by atoms with Gasteiger partial charge in [0.05, 0.1) is 11.4 Å². The zero-order valence-electron chi connectivity index (χ0n) is 10.7. The fourth-order valence-corrected chi connectivity index (χ4v) is 1.45. The summed E-state index contributed by atoms with van der Waals surface area (Å²) in [6, 6.07) is 2.01. The summed E-state index contributed by atoms with van der Waals surface area (Å²) in [5.41, 5.74) is 2.43. The highest BCUT2D eigenvalue weighted by atomic mass is 16.2. The lowest BCUT2D eigenvalue weighted by atomic mass is 10.1. The first-order valence-corrected chi connectivity index (χ1v) is 5.64. The number of hydrogen-bond donors (Lipinski definition) is 0. The summed E-state index contributed by atoms with van der Waals surface area (Å²) < 4.78 is 1.49. The molecule has 88 valence electrons. The van der Waals surface area contributed by atoms with Gasteiger partial charge >= 0.3 is 0 Å². The molecular formula is C13H20N2O.